The second kappa shape index (κ2) is 12.3. The molecule has 13 heteroatoms. The van der Waals surface area contributed by atoms with Gasteiger partial charge in [-0.25, -0.2) is 8.42 Å². The Morgan fingerprint density at radius 1 is 1.05 bits per heavy atom. The van der Waals surface area contributed by atoms with Crippen LogP contribution in [0.5, 0.6) is 11.5 Å². The van der Waals surface area contributed by atoms with Gasteiger partial charge in [0.2, 0.25) is 15.9 Å². The van der Waals surface area contributed by atoms with E-state index in [1.165, 1.54) is 25.1 Å². The molecule has 41 heavy (non-hydrogen) atoms. The van der Waals surface area contributed by atoms with E-state index in [9.17, 15) is 23.1 Å². The Balaban J connectivity index is 1.64. The lowest BCUT2D eigenvalue weighted by molar-refractivity contribution is -0.138. The Bertz CT molecular complexity index is 1520. The molecular formula is C28H28Cl2N2O8S. The Morgan fingerprint density at radius 3 is 2.17 bits per heavy atom. The van der Waals surface area contributed by atoms with E-state index < -0.39 is 46.6 Å². The van der Waals surface area contributed by atoms with Gasteiger partial charge in [0.1, 0.15) is 23.8 Å². The Labute approximate surface area is 247 Å². The molecular weight excluding hydrogens is 595 g/mol. The summed E-state index contributed by atoms with van der Waals surface area (Å²) in [6, 6.07) is 15.1. The second-order valence-corrected chi connectivity index (χ2v) is 12.2. The Hall–Kier alpha value is -3.35. The van der Waals surface area contributed by atoms with E-state index in [1.54, 1.807) is 56.7 Å². The zero-order valence-electron chi connectivity index (χ0n) is 22.4. The molecule has 1 amide bonds. The first-order valence-corrected chi connectivity index (χ1v) is 14.5. The molecule has 10 nitrogen and oxygen atoms in total. The van der Waals surface area contributed by atoms with E-state index in [-0.39, 0.29) is 21.5 Å². The van der Waals surface area contributed by atoms with Crippen LogP contribution in [0.1, 0.15) is 24.9 Å². The van der Waals surface area contributed by atoms with Gasteiger partial charge in [0.15, 0.2) is 0 Å². The highest BCUT2D eigenvalue weighted by molar-refractivity contribution is 7.89. The number of benzene rings is 3. The lowest BCUT2D eigenvalue weighted by Gasteiger charge is -2.32. The fourth-order valence-corrected chi connectivity index (χ4v) is 6.96. The third kappa shape index (κ3) is 6.29. The highest BCUT2D eigenvalue weighted by atomic mass is 35.5. The summed E-state index contributed by atoms with van der Waals surface area (Å²) in [7, 11) is -1.18. The highest BCUT2D eigenvalue weighted by Crippen LogP contribution is 2.39. The molecule has 1 aliphatic rings. The van der Waals surface area contributed by atoms with Crippen LogP contribution in [0.4, 0.5) is 0 Å². The number of sulfonamides is 1. The number of carboxylic acid groups (broad SMARTS) is 1. The van der Waals surface area contributed by atoms with Gasteiger partial charge in [0.05, 0.1) is 43.7 Å². The second-order valence-electron chi connectivity index (χ2n) is 9.49. The monoisotopic (exact) mass is 622 g/mol. The van der Waals surface area contributed by atoms with Crippen LogP contribution < -0.4 is 14.8 Å². The molecule has 0 saturated carbocycles. The molecule has 2 atom stereocenters. The standard InChI is InChI=1S/C28H28Cl2N2O8S/c1-28(15-40-16-32(28)41(36,37)21-12-19(29)11-20(30)13-21)27(35)31-22(14-25(33)34)17-7-9-18(10-8-17)26-23(38-2)5-4-6-24(26)39-3/h4-13,22H,14-16H2,1-3H3,(H,31,35)(H,33,34)/t22-,28+/m1/s1. The fourth-order valence-electron chi connectivity index (χ4n) is 4.62. The minimum Gasteiger partial charge on any atom is -0.496 e. The summed E-state index contributed by atoms with van der Waals surface area (Å²) in [6.45, 7) is 0.766. The van der Waals surface area contributed by atoms with Crippen LogP contribution in [0, 0.1) is 0 Å². The molecule has 3 aromatic rings. The summed E-state index contributed by atoms with van der Waals surface area (Å²) in [5, 5.41) is 12.5. The van der Waals surface area contributed by atoms with Crippen molar-refractivity contribution in [1.29, 1.82) is 0 Å². The van der Waals surface area contributed by atoms with Crippen LogP contribution >= 0.6 is 23.2 Å². The van der Waals surface area contributed by atoms with Crippen LogP contribution in [0.2, 0.25) is 10.0 Å². The SMILES string of the molecule is COc1cccc(OC)c1-c1ccc([C@@H](CC(=O)O)NC(=O)[C@]2(C)COCN2S(=O)(=O)c2cc(Cl)cc(Cl)c2)cc1. The number of amides is 1. The third-order valence-corrected chi connectivity index (χ3v) is 9.13. The first kappa shape index (κ1) is 30.6. The van der Waals surface area contributed by atoms with Gasteiger partial charge >= 0.3 is 5.97 Å². The zero-order chi connectivity index (χ0) is 29.9. The van der Waals surface area contributed by atoms with Crippen LogP contribution in [0.25, 0.3) is 11.1 Å². The predicted molar refractivity (Wildman–Crippen MR) is 153 cm³/mol. The average Bonchev–Trinajstić information content (AvgIpc) is 3.35. The summed E-state index contributed by atoms with van der Waals surface area (Å²) in [4.78, 5) is 25.2. The van der Waals surface area contributed by atoms with Crippen molar-refractivity contribution in [2.75, 3.05) is 27.6 Å². The van der Waals surface area contributed by atoms with Crippen molar-refractivity contribution >= 4 is 45.1 Å². The zero-order valence-corrected chi connectivity index (χ0v) is 24.7. The van der Waals surface area contributed by atoms with Gasteiger partial charge in [0, 0.05) is 10.0 Å². The number of methoxy groups -OCH3 is 2. The predicted octanol–water partition coefficient (Wildman–Crippen LogP) is 4.75. The molecule has 1 saturated heterocycles. The van der Waals surface area contributed by atoms with Crippen molar-refractivity contribution < 1.29 is 37.3 Å². The van der Waals surface area contributed by atoms with Gasteiger partial charge < -0.3 is 24.6 Å². The third-order valence-electron chi connectivity index (χ3n) is 6.77. The summed E-state index contributed by atoms with van der Waals surface area (Å²) in [6.07, 6.45) is -0.448. The normalized spacial score (nSPS) is 18.1. The number of hydrogen-bond acceptors (Lipinski definition) is 7. The molecule has 0 spiro atoms. The van der Waals surface area contributed by atoms with Gasteiger partial charge in [-0.15, -0.1) is 0 Å². The molecule has 3 aromatic carbocycles. The van der Waals surface area contributed by atoms with Crippen molar-refractivity contribution in [2.45, 2.75) is 29.8 Å². The number of carbonyl (C=O) groups is 2. The maximum atomic E-state index is 13.6. The van der Waals surface area contributed by atoms with E-state index >= 15 is 0 Å². The number of rotatable bonds is 10. The van der Waals surface area contributed by atoms with Crippen LogP contribution in [0.3, 0.4) is 0 Å². The van der Waals surface area contributed by atoms with Crippen molar-refractivity contribution in [3.63, 3.8) is 0 Å². The largest absolute Gasteiger partial charge is 0.496 e. The van der Waals surface area contributed by atoms with Gasteiger partial charge in [-0.3, -0.25) is 9.59 Å². The first-order chi connectivity index (χ1) is 19.4. The van der Waals surface area contributed by atoms with Gasteiger partial charge in [0.25, 0.3) is 0 Å². The van der Waals surface area contributed by atoms with Crippen molar-refractivity contribution in [3.05, 3.63) is 76.3 Å². The number of nitrogens with one attached hydrogen (secondary N) is 1. The number of halogens is 2. The smallest absolute Gasteiger partial charge is 0.305 e. The molecule has 1 aliphatic heterocycles. The number of carboxylic acids is 1. The van der Waals surface area contributed by atoms with E-state index in [0.717, 1.165) is 9.87 Å². The van der Waals surface area contributed by atoms with Gasteiger partial charge in [-0.05, 0) is 48.4 Å². The number of hydrogen-bond donors (Lipinski definition) is 2. The number of carbonyl (C=O) groups excluding carboxylic acids is 1. The van der Waals surface area contributed by atoms with Crippen LogP contribution in [0.15, 0.2) is 65.6 Å². The van der Waals surface area contributed by atoms with Crippen molar-refractivity contribution in [1.82, 2.24) is 9.62 Å². The topological polar surface area (TPSA) is 131 Å². The quantitative estimate of drug-likeness (QED) is 0.331. The molecule has 1 fully saturated rings. The first-order valence-electron chi connectivity index (χ1n) is 12.3. The molecule has 0 bridgehead atoms. The minimum absolute atomic E-state index is 0.109. The van der Waals surface area contributed by atoms with Crippen molar-refractivity contribution in [2.24, 2.45) is 0 Å². The maximum absolute atomic E-state index is 13.6. The molecule has 0 radical (unpaired) electrons. The van der Waals surface area contributed by atoms with E-state index in [1.807, 2.05) is 0 Å². The molecule has 4 rings (SSSR count). The van der Waals surface area contributed by atoms with Crippen molar-refractivity contribution in [3.8, 4) is 22.6 Å². The van der Waals surface area contributed by atoms with Crippen LogP contribution in [-0.4, -0.2) is 62.8 Å². The summed E-state index contributed by atoms with van der Waals surface area (Å²) >= 11 is 12.0. The number of ether oxygens (including phenoxy) is 3. The molecule has 218 valence electrons. The van der Waals surface area contributed by atoms with Gasteiger partial charge in [-0.1, -0.05) is 53.5 Å². The molecule has 2 N–H and O–H groups in total. The highest BCUT2D eigenvalue weighted by Gasteiger charge is 2.51. The van der Waals surface area contributed by atoms with Gasteiger partial charge in [-0.2, -0.15) is 4.31 Å². The lowest BCUT2D eigenvalue weighted by atomic mass is 9.96. The number of nitrogens with zero attached hydrogens (tertiary/aromatic N) is 1. The molecule has 0 aliphatic carbocycles. The van der Waals surface area contributed by atoms with E-state index in [2.05, 4.69) is 5.32 Å². The summed E-state index contributed by atoms with van der Waals surface area (Å²) in [5.74, 6) is -0.710. The maximum Gasteiger partial charge on any atom is 0.305 e. The molecule has 1 heterocycles. The Morgan fingerprint density at radius 2 is 1.63 bits per heavy atom. The summed E-state index contributed by atoms with van der Waals surface area (Å²) in [5.41, 5.74) is 0.268. The lowest BCUT2D eigenvalue weighted by Crippen LogP contribution is -2.57. The fraction of sp³-hybridized carbons (Fsp3) is 0.286. The summed E-state index contributed by atoms with van der Waals surface area (Å²) < 4.78 is 44.3. The average molecular weight is 624 g/mol. The molecule has 0 aromatic heterocycles. The number of aliphatic carboxylic acids is 1. The van der Waals surface area contributed by atoms with Crippen LogP contribution in [-0.2, 0) is 24.3 Å². The van der Waals surface area contributed by atoms with E-state index in [4.69, 9.17) is 37.4 Å². The Kier molecular flexibility index (Phi) is 9.15. The minimum atomic E-state index is -4.27. The van der Waals surface area contributed by atoms with E-state index in [0.29, 0.717) is 22.6 Å². The molecule has 0 unspecified atom stereocenters.